The highest BCUT2D eigenvalue weighted by Crippen LogP contribution is 2.12. The van der Waals surface area contributed by atoms with Crippen LogP contribution in [0.4, 0.5) is 0 Å². The molecule has 0 N–H and O–H groups in total. The lowest BCUT2D eigenvalue weighted by Gasteiger charge is -2.08. The standard InChI is InChI=1S/C12H14O4/c13-12(6-5-10-3-1-7-14-10)16-9-11-4-2-8-15-11/h1,3,5-7,11H,2,4,8-9H2/b6-5+. The van der Waals surface area contributed by atoms with Gasteiger partial charge in [-0.2, -0.15) is 0 Å². The molecule has 2 heterocycles. The van der Waals surface area contributed by atoms with Gasteiger partial charge in [-0.1, -0.05) is 0 Å². The van der Waals surface area contributed by atoms with Crippen molar-refractivity contribution in [1.82, 2.24) is 0 Å². The molecule has 16 heavy (non-hydrogen) atoms. The summed E-state index contributed by atoms with van der Waals surface area (Å²) in [4.78, 5) is 11.3. The van der Waals surface area contributed by atoms with Crippen LogP contribution < -0.4 is 0 Å². The third kappa shape index (κ3) is 3.24. The number of carbonyl (C=O) groups excluding carboxylic acids is 1. The molecule has 0 bridgehead atoms. The smallest absolute Gasteiger partial charge is 0.330 e. The first kappa shape index (κ1) is 11.0. The maximum absolute atomic E-state index is 11.3. The van der Waals surface area contributed by atoms with Gasteiger partial charge in [0.05, 0.1) is 12.4 Å². The molecule has 4 heteroatoms. The summed E-state index contributed by atoms with van der Waals surface area (Å²) < 4.78 is 15.4. The van der Waals surface area contributed by atoms with Gasteiger partial charge >= 0.3 is 5.97 Å². The van der Waals surface area contributed by atoms with Crippen molar-refractivity contribution in [3.05, 3.63) is 30.2 Å². The van der Waals surface area contributed by atoms with Gasteiger partial charge in [-0.25, -0.2) is 4.79 Å². The number of esters is 1. The minimum absolute atomic E-state index is 0.0703. The predicted molar refractivity (Wildman–Crippen MR) is 57.7 cm³/mol. The van der Waals surface area contributed by atoms with Crippen molar-refractivity contribution in [1.29, 1.82) is 0 Å². The van der Waals surface area contributed by atoms with Crippen molar-refractivity contribution in [3.63, 3.8) is 0 Å². The van der Waals surface area contributed by atoms with Crippen molar-refractivity contribution in [2.75, 3.05) is 13.2 Å². The summed E-state index contributed by atoms with van der Waals surface area (Å²) in [7, 11) is 0. The molecule has 1 saturated heterocycles. The Hall–Kier alpha value is -1.55. The molecule has 1 aromatic rings. The number of ether oxygens (including phenoxy) is 2. The largest absolute Gasteiger partial charge is 0.465 e. The Kier molecular flexibility index (Phi) is 3.77. The zero-order valence-corrected chi connectivity index (χ0v) is 8.93. The van der Waals surface area contributed by atoms with Gasteiger partial charge < -0.3 is 13.9 Å². The van der Waals surface area contributed by atoms with Gasteiger partial charge in [-0.3, -0.25) is 0 Å². The number of carbonyl (C=O) groups is 1. The molecule has 0 aromatic carbocycles. The molecule has 1 atom stereocenters. The van der Waals surface area contributed by atoms with Crippen LogP contribution in [-0.2, 0) is 14.3 Å². The molecule has 1 fully saturated rings. The van der Waals surface area contributed by atoms with Gasteiger partial charge in [0, 0.05) is 12.7 Å². The highest BCUT2D eigenvalue weighted by molar-refractivity contribution is 5.86. The van der Waals surface area contributed by atoms with E-state index in [2.05, 4.69) is 0 Å². The first-order valence-corrected chi connectivity index (χ1v) is 5.34. The molecule has 86 valence electrons. The quantitative estimate of drug-likeness (QED) is 0.577. The molecule has 2 rings (SSSR count). The number of hydrogen-bond donors (Lipinski definition) is 0. The fraction of sp³-hybridized carbons (Fsp3) is 0.417. The second-order valence-electron chi connectivity index (χ2n) is 3.61. The van der Waals surface area contributed by atoms with E-state index < -0.39 is 0 Å². The van der Waals surface area contributed by atoms with Crippen LogP contribution in [0.15, 0.2) is 28.9 Å². The Morgan fingerprint density at radius 2 is 2.56 bits per heavy atom. The van der Waals surface area contributed by atoms with Crippen molar-refractivity contribution in [2.24, 2.45) is 0 Å². The maximum atomic E-state index is 11.3. The molecular formula is C12H14O4. The summed E-state index contributed by atoms with van der Waals surface area (Å²) in [6.45, 7) is 1.10. The minimum Gasteiger partial charge on any atom is -0.465 e. The number of rotatable bonds is 4. The van der Waals surface area contributed by atoms with E-state index in [1.165, 1.54) is 6.08 Å². The van der Waals surface area contributed by atoms with Crippen LogP contribution in [0, 0.1) is 0 Å². The van der Waals surface area contributed by atoms with Gasteiger partial charge in [0.25, 0.3) is 0 Å². The third-order valence-corrected chi connectivity index (χ3v) is 2.36. The normalized spacial score (nSPS) is 20.4. The van der Waals surface area contributed by atoms with Crippen molar-refractivity contribution in [2.45, 2.75) is 18.9 Å². The molecule has 0 spiro atoms. The fourth-order valence-corrected chi connectivity index (χ4v) is 1.54. The van der Waals surface area contributed by atoms with Crippen LogP contribution in [0.1, 0.15) is 18.6 Å². The van der Waals surface area contributed by atoms with E-state index in [-0.39, 0.29) is 12.1 Å². The van der Waals surface area contributed by atoms with Crippen LogP contribution >= 0.6 is 0 Å². The molecule has 0 amide bonds. The first-order chi connectivity index (χ1) is 7.84. The summed E-state index contributed by atoms with van der Waals surface area (Å²) in [6, 6.07) is 3.53. The molecule has 0 radical (unpaired) electrons. The second-order valence-corrected chi connectivity index (χ2v) is 3.61. The average Bonchev–Trinajstić information content (AvgIpc) is 2.96. The van der Waals surface area contributed by atoms with E-state index in [1.807, 2.05) is 0 Å². The number of hydrogen-bond acceptors (Lipinski definition) is 4. The number of furan rings is 1. The Morgan fingerprint density at radius 1 is 1.62 bits per heavy atom. The van der Waals surface area contributed by atoms with Crippen LogP contribution in [0.2, 0.25) is 0 Å². The highest BCUT2D eigenvalue weighted by Gasteiger charge is 2.16. The Bertz CT molecular complexity index is 347. The van der Waals surface area contributed by atoms with E-state index in [1.54, 1.807) is 24.5 Å². The summed E-state index contributed by atoms with van der Waals surface area (Å²) >= 11 is 0. The van der Waals surface area contributed by atoms with E-state index >= 15 is 0 Å². The van der Waals surface area contributed by atoms with Crippen LogP contribution in [0.3, 0.4) is 0 Å². The van der Waals surface area contributed by atoms with Crippen LogP contribution in [0.25, 0.3) is 6.08 Å². The lowest BCUT2D eigenvalue weighted by molar-refractivity contribution is -0.140. The molecule has 1 aliphatic heterocycles. The van der Waals surface area contributed by atoms with Crippen molar-refractivity contribution in [3.8, 4) is 0 Å². The molecule has 0 aliphatic carbocycles. The second kappa shape index (κ2) is 5.51. The van der Waals surface area contributed by atoms with Gasteiger partial charge in [0.15, 0.2) is 0 Å². The summed E-state index contributed by atoms with van der Waals surface area (Å²) in [6.07, 6.45) is 6.57. The summed E-state index contributed by atoms with van der Waals surface area (Å²) in [5, 5.41) is 0. The monoisotopic (exact) mass is 222 g/mol. The topological polar surface area (TPSA) is 48.7 Å². The molecular weight excluding hydrogens is 208 g/mol. The van der Waals surface area contributed by atoms with Gasteiger partial charge in [-0.05, 0) is 31.1 Å². The van der Waals surface area contributed by atoms with Crippen LogP contribution in [0.5, 0.6) is 0 Å². The highest BCUT2D eigenvalue weighted by atomic mass is 16.6. The van der Waals surface area contributed by atoms with E-state index in [4.69, 9.17) is 13.9 Å². The Balaban J connectivity index is 1.71. The first-order valence-electron chi connectivity index (χ1n) is 5.34. The summed E-state index contributed by atoms with van der Waals surface area (Å²) in [5.41, 5.74) is 0. The van der Waals surface area contributed by atoms with E-state index in [0.29, 0.717) is 12.4 Å². The Labute approximate surface area is 93.8 Å². The lowest BCUT2D eigenvalue weighted by Crippen LogP contribution is -2.16. The average molecular weight is 222 g/mol. The van der Waals surface area contributed by atoms with Gasteiger partial charge in [0.1, 0.15) is 12.4 Å². The lowest BCUT2D eigenvalue weighted by atomic mass is 10.2. The summed E-state index contributed by atoms with van der Waals surface area (Å²) in [5.74, 6) is 0.265. The van der Waals surface area contributed by atoms with E-state index in [9.17, 15) is 4.79 Å². The zero-order valence-electron chi connectivity index (χ0n) is 8.93. The van der Waals surface area contributed by atoms with E-state index in [0.717, 1.165) is 19.4 Å². The molecule has 4 nitrogen and oxygen atoms in total. The molecule has 1 aliphatic rings. The van der Waals surface area contributed by atoms with Crippen LogP contribution in [-0.4, -0.2) is 25.3 Å². The maximum Gasteiger partial charge on any atom is 0.330 e. The zero-order chi connectivity index (χ0) is 11.2. The van der Waals surface area contributed by atoms with Crippen molar-refractivity contribution >= 4 is 12.0 Å². The molecule has 1 unspecified atom stereocenters. The third-order valence-electron chi connectivity index (χ3n) is 2.36. The molecule has 1 aromatic heterocycles. The van der Waals surface area contributed by atoms with Gasteiger partial charge in [-0.15, -0.1) is 0 Å². The fourth-order valence-electron chi connectivity index (χ4n) is 1.54. The Morgan fingerprint density at radius 3 is 3.25 bits per heavy atom. The van der Waals surface area contributed by atoms with Crippen molar-refractivity contribution < 1.29 is 18.7 Å². The SMILES string of the molecule is O=C(/C=C/c1ccco1)OCC1CCCO1. The molecule has 0 saturated carbocycles. The minimum atomic E-state index is -0.369. The van der Waals surface area contributed by atoms with Gasteiger partial charge in [0.2, 0.25) is 0 Å². The predicted octanol–water partition coefficient (Wildman–Crippen LogP) is 2.01.